The third-order valence-corrected chi connectivity index (χ3v) is 5.44. The van der Waals surface area contributed by atoms with Crippen LogP contribution in [0.15, 0.2) is 48.7 Å². The molecule has 0 spiro atoms. The summed E-state index contributed by atoms with van der Waals surface area (Å²) in [6, 6.07) is 8.06. The van der Waals surface area contributed by atoms with Gasteiger partial charge in [-0.2, -0.15) is 18.3 Å². The first-order valence-electron chi connectivity index (χ1n) is 9.52. The molecule has 168 valence electrons. The Bertz CT molecular complexity index is 1150. The topological polar surface area (TPSA) is 88.4 Å². The predicted octanol–water partition coefficient (Wildman–Crippen LogP) is 5.16. The van der Waals surface area contributed by atoms with Crippen molar-refractivity contribution in [2.45, 2.75) is 24.7 Å². The number of aromatic nitrogens is 2. The maximum absolute atomic E-state index is 13.8. The first kappa shape index (κ1) is 21.8. The number of aromatic hydroxyl groups is 1. The molecule has 1 aromatic heterocycles. The number of halogens is 4. The number of nitrogens with one attached hydrogen (secondary N) is 2. The molecule has 0 radical (unpaired) electrons. The fourth-order valence-corrected chi connectivity index (χ4v) is 3.75. The molecular weight excluding hydrogens is 449 g/mol. The lowest BCUT2D eigenvalue weighted by Gasteiger charge is -2.34. The summed E-state index contributed by atoms with van der Waals surface area (Å²) in [6.07, 6.45) is -3.82. The summed E-state index contributed by atoms with van der Waals surface area (Å²) < 4.78 is 47.4. The van der Waals surface area contributed by atoms with E-state index >= 15 is 0 Å². The second-order valence-electron chi connectivity index (χ2n) is 7.23. The Kier molecular flexibility index (Phi) is 5.64. The number of amides is 1. The smallest absolute Gasteiger partial charge is 0.410 e. The van der Waals surface area contributed by atoms with Gasteiger partial charge in [-0.25, -0.2) is 4.68 Å². The summed E-state index contributed by atoms with van der Waals surface area (Å²) in [4.78, 5) is 12.8. The molecule has 7 nitrogen and oxygen atoms in total. The second kappa shape index (κ2) is 8.27. The Labute approximate surface area is 185 Å². The summed E-state index contributed by atoms with van der Waals surface area (Å²) in [7, 11) is 1.49. The van der Waals surface area contributed by atoms with E-state index in [0.29, 0.717) is 11.3 Å². The molecule has 4 rings (SSSR count). The van der Waals surface area contributed by atoms with Crippen LogP contribution >= 0.6 is 11.6 Å². The van der Waals surface area contributed by atoms with Crippen molar-refractivity contribution in [3.05, 3.63) is 64.8 Å². The zero-order valence-corrected chi connectivity index (χ0v) is 17.4. The molecule has 1 aliphatic heterocycles. The van der Waals surface area contributed by atoms with Crippen LogP contribution in [0.1, 0.15) is 34.4 Å². The van der Waals surface area contributed by atoms with Crippen LogP contribution in [0.5, 0.6) is 11.5 Å². The molecule has 3 aromatic rings. The minimum atomic E-state index is -4.58. The average molecular weight is 467 g/mol. The van der Waals surface area contributed by atoms with E-state index in [1.54, 1.807) is 24.3 Å². The van der Waals surface area contributed by atoms with Crippen molar-refractivity contribution >= 4 is 29.0 Å². The van der Waals surface area contributed by atoms with Crippen LogP contribution in [0.4, 0.5) is 24.7 Å². The van der Waals surface area contributed by atoms with Gasteiger partial charge in [0.1, 0.15) is 22.9 Å². The number of fused-ring (bicyclic) bond motifs is 1. The zero-order valence-electron chi connectivity index (χ0n) is 16.7. The molecule has 2 atom stereocenters. The number of methoxy groups -OCH3 is 1. The standard InChI is InChI=1S/C21H18ClF3N4O3/c1-32-13-5-2-11(3-6-13)15-9-18(21(23,24)25)29-19(27-15)14(10-26-29)20(31)28-16-8-12(22)4-7-17(16)30/h2-8,10,15,18,27,30H,9H2,1H3,(H,28,31)/t15-,18+/m0/s1. The largest absolute Gasteiger partial charge is 0.506 e. The number of alkyl halides is 3. The number of ether oxygens (including phenoxy) is 1. The summed E-state index contributed by atoms with van der Waals surface area (Å²) >= 11 is 5.89. The summed E-state index contributed by atoms with van der Waals surface area (Å²) in [6.45, 7) is 0. The van der Waals surface area contributed by atoms with Crippen molar-refractivity contribution in [2.24, 2.45) is 0 Å². The van der Waals surface area contributed by atoms with E-state index in [9.17, 15) is 23.1 Å². The van der Waals surface area contributed by atoms with Gasteiger partial charge in [0, 0.05) is 11.4 Å². The Hall–Kier alpha value is -3.40. The fourth-order valence-electron chi connectivity index (χ4n) is 3.58. The minimum absolute atomic E-state index is 0.0253. The summed E-state index contributed by atoms with van der Waals surface area (Å²) in [5, 5.41) is 19.5. The first-order chi connectivity index (χ1) is 15.2. The van der Waals surface area contributed by atoms with Crippen molar-refractivity contribution < 1.29 is 27.8 Å². The van der Waals surface area contributed by atoms with E-state index in [2.05, 4.69) is 15.7 Å². The number of hydrogen-bond acceptors (Lipinski definition) is 5. The molecule has 1 amide bonds. The summed E-state index contributed by atoms with van der Waals surface area (Å²) in [5.41, 5.74) is 0.528. The molecule has 11 heteroatoms. The molecule has 32 heavy (non-hydrogen) atoms. The number of phenolic OH excluding ortho intramolecular Hbond substituents is 1. The van der Waals surface area contributed by atoms with Crippen LogP contribution in [-0.4, -0.2) is 34.1 Å². The van der Waals surface area contributed by atoms with Crippen molar-refractivity contribution in [2.75, 3.05) is 17.7 Å². The molecular formula is C21H18ClF3N4O3. The summed E-state index contributed by atoms with van der Waals surface area (Å²) in [5.74, 6) is -0.476. The lowest BCUT2D eigenvalue weighted by molar-refractivity contribution is -0.173. The number of benzene rings is 2. The highest BCUT2D eigenvalue weighted by Gasteiger charge is 2.47. The maximum atomic E-state index is 13.8. The molecule has 0 unspecified atom stereocenters. The van der Waals surface area contributed by atoms with E-state index in [0.717, 1.165) is 10.9 Å². The van der Waals surface area contributed by atoms with Crippen LogP contribution in [0.25, 0.3) is 0 Å². The van der Waals surface area contributed by atoms with Gasteiger partial charge in [-0.1, -0.05) is 23.7 Å². The van der Waals surface area contributed by atoms with Crippen LogP contribution in [-0.2, 0) is 0 Å². The van der Waals surface area contributed by atoms with Crippen molar-refractivity contribution in [1.82, 2.24) is 9.78 Å². The minimum Gasteiger partial charge on any atom is -0.506 e. The van der Waals surface area contributed by atoms with E-state index in [1.165, 1.54) is 25.3 Å². The van der Waals surface area contributed by atoms with Crippen LogP contribution in [0.2, 0.25) is 5.02 Å². The van der Waals surface area contributed by atoms with Gasteiger partial charge in [0.2, 0.25) is 0 Å². The van der Waals surface area contributed by atoms with E-state index in [1.807, 2.05) is 0 Å². The number of anilines is 2. The highest BCUT2D eigenvalue weighted by atomic mass is 35.5. The number of rotatable bonds is 4. The number of nitrogens with zero attached hydrogens (tertiary/aromatic N) is 2. The highest BCUT2D eigenvalue weighted by molar-refractivity contribution is 6.31. The Morgan fingerprint density at radius 1 is 1.28 bits per heavy atom. The Morgan fingerprint density at radius 3 is 2.66 bits per heavy atom. The van der Waals surface area contributed by atoms with Crippen molar-refractivity contribution in [1.29, 1.82) is 0 Å². The van der Waals surface area contributed by atoms with Gasteiger partial charge in [-0.15, -0.1) is 0 Å². The van der Waals surface area contributed by atoms with Gasteiger partial charge < -0.3 is 20.5 Å². The van der Waals surface area contributed by atoms with Crippen molar-refractivity contribution in [3.63, 3.8) is 0 Å². The highest BCUT2D eigenvalue weighted by Crippen LogP contribution is 2.44. The van der Waals surface area contributed by atoms with E-state index in [4.69, 9.17) is 16.3 Å². The van der Waals surface area contributed by atoms with Crippen LogP contribution in [0, 0.1) is 0 Å². The molecule has 3 N–H and O–H groups in total. The molecule has 0 aliphatic carbocycles. The number of phenols is 1. The average Bonchev–Trinajstić information content (AvgIpc) is 3.19. The Balaban J connectivity index is 1.69. The zero-order chi connectivity index (χ0) is 23.0. The lowest BCUT2D eigenvalue weighted by Crippen LogP contribution is -2.36. The van der Waals surface area contributed by atoms with Gasteiger partial charge >= 0.3 is 6.18 Å². The first-order valence-corrected chi connectivity index (χ1v) is 9.89. The number of carbonyl (C=O) groups excluding carboxylic acids is 1. The van der Waals surface area contributed by atoms with E-state index in [-0.39, 0.29) is 34.3 Å². The third kappa shape index (κ3) is 4.18. The molecule has 2 heterocycles. The predicted molar refractivity (Wildman–Crippen MR) is 112 cm³/mol. The normalized spacial score (nSPS) is 17.9. The lowest BCUT2D eigenvalue weighted by atomic mass is 9.96. The molecule has 0 saturated heterocycles. The molecule has 0 saturated carbocycles. The SMILES string of the molecule is COc1ccc([C@@H]2C[C@H](C(F)(F)F)n3ncc(C(=O)Nc4cc(Cl)ccc4O)c3N2)cc1. The van der Waals surface area contributed by atoms with Crippen molar-refractivity contribution in [3.8, 4) is 11.5 Å². The Morgan fingerprint density at radius 2 is 2.00 bits per heavy atom. The fraction of sp³-hybridized carbons (Fsp3) is 0.238. The molecule has 2 aromatic carbocycles. The number of hydrogen-bond donors (Lipinski definition) is 3. The molecule has 0 fully saturated rings. The van der Waals surface area contributed by atoms with E-state index < -0.39 is 24.2 Å². The monoisotopic (exact) mass is 466 g/mol. The van der Waals surface area contributed by atoms with Gasteiger partial charge in [0.15, 0.2) is 6.04 Å². The van der Waals surface area contributed by atoms with Gasteiger partial charge in [0.25, 0.3) is 5.91 Å². The quantitative estimate of drug-likeness (QED) is 0.462. The van der Waals surface area contributed by atoms with Crippen LogP contribution < -0.4 is 15.4 Å². The van der Waals surface area contributed by atoms with Gasteiger partial charge in [0.05, 0.1) is 25.0 Å². The molecule has 1 aliphatic rings. The molecule has 0 bridgehead atoms. The van der Waals surface area contributed by atoms with Gasteiger partial charge in [-0.3, -0.25) is 4.79 Å². The third-order valence-electron chi connectivity index (χ3n) is 5.21. The second-order valence-corrected chi connectivity index (χ2v) is 7.67. The van der Waals surface area contributed by atoms with Crippen LogP contribution in [0.3, 0.4) is 0 Å². The van der Waals surface area contributed by atoms with Gasteiger partial charge in [-0.05, 0) is 35.9 Å². The maximum Gasteiger partial charge on any atom is 0.410 e. The number of carbonyl (C=O) groups is 1.